The van der Waals surface area contributed by atoms with Gasteiger partial charge in [-0.25, -0.2) is 13.4 Å². The van der Waals surface area contributed by atoms with Crippen molar-refractivity contribution in [2.45, 2.75) is 43.7 Å². The lowest BCUT2D eigenvalue weighted by molar-refractivity contribution is 0.289. The highest BCUT2D eigenvalue weighted by Gasteiger charge is 2.34. The number of ether oxygens (including phenoxy) is 1. The van der Waals surface area contributed by atoms with Crippen LogP contribution in [0.15, 0.2) is 59.8 Å². The SMILES string of the molecule is CC[C@@H]1CCc2ccccc2N1S(=O)(=O)c1ccc(OCc2ncnn2C)cc1. The molecule has 0 spiro atoms. The predicted octanol–water partition coefficient (Wildman–Crippen LogP) is 3.31. The minimum Gasteiger partial charge on any atom is -0.486 e. The smallest absolute Gasteiger partial charge is 0.264 e. The molecule has 0 radical (unpaired) electrons. The Labute approximate surface area is 171 Å². The summed E-state index contributed by atoms with van der Waals surface area (Å²) in [7, 11) is -1.87. The molecule has 2 heterocycles. The molecule has 0 bridgehead atoms. The summed E-state index contributed by atoms with van der Waals surface area (Å²) >= 11 is 0. The average Bonchev–Trinajstić information content (AvgIpc) is 3.16. The number of fused-ring (bicyclic) bond motifs is 1. The standard InChI is InChI=1S/C21H24N4O3S/c1-3-17-9-8-16-6-4-5-7-20(16)25(17)29(26,27)19-12-10-18(11-13-19)28-14-21-22-15-23-24(21)2/h4-7,10-13,15,17H,3,8-9,14H2,1-2H3/t17-/m1/s1. The number of aromatic nitrogens is 3. The van der Waals surface area contributed by atoms with Crippen LogP contribution in [0.4, 0.5) is 5.69 Å². The first kappa shape index (κ1) is 19.4. The van der Waals surface area contributed by atoms with Crippen molar-refractivity contribution in [2.75, 3.05) is 4.31 Å². The van der Waals surface area contributed by atoms with Crippen molar-refractivity contribution < 1.29 is 13.2 Å². The first-order chi connectivity index (χ1) is 14.0. The highest BCUT2D eigenvalue weighted by Crippen LogP contribution is 2.36. The van der Waals surface area contributed by atoms with Crippen LogP contribution in [-0.4, -0.2) is 29.2 Å². The zero-order chi connectivity index (χ0) is 20.4. The van der Waals surface area contributed by atoms with E-state index in [0.29, 0.717) is 11.6 Å². The normalized spacial score (nSPS) is 16.5. The molecule has 152 valence electrons. The lowest BCUT2D eigenvalue weighted by Crippen LogP contribution is -2.43. The van der Waals surface area contributed by atoms with E-state index in [4.69, 9.17) is 4.74 Å². The van der Waals surface area contributed by atoms with Gasteiger partial charge in [-0.15, -0.1) is 0 Å². The van der Waals surface area contributed by atoms with Gasteiger partial charge in [0.05, 0.1) is 10.6 Å². The van der Waals surface area contributed by atoms with Crippen LogP contribution in [0.3, 0.4) is 0 Å². The van der Waals surface area contributed by atoms with E-state index in [1.54, 1.807) is 40.3 Å². The van der Waals surface area contributed by atoms with Crippen molar-refractivity contribution in [3.05, 3.63) is 66.2 Å². The summed E-state index contributed by atoms with van der Waals surface area (Å²) in [5.41, 5.74) is 1.86. The topological polar surface area (TPSA) is 77.3 Å². The lowest BCUT2D eigenvalue weighted by Gasteiger charge is -2.37. The number of benzene rings is 2. The van der Waals surface area contributed by atoms with Gasteiger partial charge in [-0.3, -0.25) is 8.99 Å². The van der Waals surface area contributed by atoms with E-state index in [1.807, 2.05) is 31.2 Å². The highest BCUT2D eigenvalue weighted by molar-refractivity contribution is 7.92. The van der Waals surface area contributed by atoms with Gasteiger partial charge in [0, 0.05) is 13.1 Å². The molecule has 0 saturated carbocycles. The Kier molecular flexibility index (Phi) is 5.27. The molecule has 1 atom stereocenters. The summed E-state index contributed by atoms with van der Waals surface area (Å²) in [5, 5.41) is 4.00. The van der Waals surface area contributed by atoms with Crippen molar-refractivity contribution in [3.63, 3.8) is 0 Å². The summed E-state index contributed by atoms with van der Waals surface area (Å²) in [5.74, 6) is 1.27. The van der Waals surface area contributed by atoms with Crippen LogP contribution in [0.5, 0.6) is 5.75 Å². The monoisotopic (exact) mass is 412 g/mol. The summed E-state index contributed by atoms with van der Waals surface area (Å²) in [6.45, 7) is 2.30. The predicted molar refractivity (Wildman–Crippen MR) is 110 cm³/mol. The van der Waals surface area contributed by atoms with Gasteiger partial charge in [-0.1, -0.05) is 25.1 Å². The van der Waals surface area contributed by atoms with Gasteiger partial charge in [0.1, 0.15) is 18.7 Å². The van der Waals surface area contributed by atoms with Gasteiger partial charge < -0.3 is 4.74 Å². The van der Waals surface area contributed by atoms with E-state index in [0.717, 1.165) is 30.5 Å². The van der Waals surface area contributed by atoms with Crippen molar-refractivity contribution in [1.29, 1.82) is 0 Å². The molecule has 7 nitrogen and oxygen atoms in total. The number of hydrogen-bond donors (Lipinski definition) is 0. The maximum Gasteiger partial charge on any atom is 0.264 e. The van der Waals surface area contributed by atoms with E-state index in [9.17, 15) is 8.42 Å². The summed E-state index contributed by atoms with van der Waals surface area (Å²) in [4.78, 5) is 4.37. The van der Waals surface area contributed by atoms with Crippen LogP contribution in [0.25, 0.3) is 0 Å². The number of aryl methyl sites for hydroxylation is 2. The van der Waals surface area contributed by atoms with Crippen molar-refractivity contribution in [1.82, 2.24) is 14.8 Å². The maximum absolute atomic E-state index is 13.5. The molecule has 0 unspecified atom stereocenters. The molecule has 1 aromatic heterocycles. The second-order valence-corrected chi connectivity index (χ2v) is 8.91. The molecular formula is C21H24N4O3S. The highest BCUT2D eigenvalue weighted by atomic mass is 32.2. The van der Waals surface area contributed by atoms with Crippen LogP contribution in [0, 0.1) is 0 Å². The number of sulfonamides is 1. The van der Waals surface area contributed by atoms with E-state index in [1.165, 1.54) is 6.33 Å². The van der Waals surface area contributed by atoms with Crippen LogP contribution < -0.4 is 9.04 Å². The van der Waals surface area contributed by atoms with Gasteiger partial charge in [0.15, 0.2) is 5.82 Å². The Bertz CT molecular complexity index is 1090. The Morgan fingerprint density at radius 3 is 2.59 bits per heavy atom. The molecule has 29 heavy (non-hydrogen) atoms. The Morgan fingerprint density at radius 2 is 1.90 bits per heavy atom. The number of hydrogen-bond acceptors (Lipinski definition) is 5. The fraction of sp³-hybridized carbons (Fsp3) is 0.333. The maximum atomic E-state index is 13.5. The van der Waals surface area contributed by atoms with Gasteiger partial charge in [0.25, 0.3) is 10.0 Å². The van der Waals surface area contributed by atoms with E-state index < -0.39 is 10.0 Å². The van der Waals surface area contributed by atoms with E-state index >= 15 is 0 Å². The van der Waals surface area contributed by atoms with Gasteiger partial charge in [-0.2, -0.15) is 5.10 Å². The molecule has 4 rings (SSSR count). The first-order valence-electron chi connectivity index (χ1n) is 9.68. The zero-order valence-corrected chi connectivity index (χ0v) is 17.3. The third-order valence-corrected chi connectivity index (χ3v) is 7.21. The molecule has 1 aliphatic rings. The molecule has 0 aliphatic carbocycles. The molecule has 2 aromatic carbocycles. The van der Waals surface area contributed by atoms with E-state index in [2.05, 4.69) is 10.1 Å². The summed E-state index contributed by atoms with van der Waals surface area (Å²) in [6.07, 6.45) is 3.96. The molecule has 1 aliphatic heterocycles. The first-order valence-corrected chi connectivity index (χ1v) is 11.1. The number of rotatable bonds is 6. The van der Waals surface area contributed by atoms with Crippen LogP contribution >= 0.6 is 0 Å². The van der Waals surface area contributed by atoms with Crippen LogP contribution in [-0.2, 0) is 30.1 Å². The minimum absolute atomic E-state index is 0.0401. The molecule has 0 amide bonds. The second-order valence-electron chi connectivity index (χ2n) is 7.09. The molecular weight excluding hydrogens is 388 g/mol. The third-order valence-electron chi connectivity index (χ3n) is 5.33. The molecule has 0 saturated heterocycles. The minimum atomic E-state index is -3.67. The van der Waals surface area contributed by atoms with Crippen molar-refractivity contribution in [3.8, 4) is 5.75 Å². The Morgan fingerprint density at radius 1 is 1.14 bits per heavy atom. The molecule has 0 fully saturated rings. The molecule has 3 aromatic rings. The number of para-hydroxylation sites is 1. The van der Waals surface area contributed by atoms with Gasteiger partial charge >= 0.3 is 0 Å². The van der Waals surface area contributed by atoms with Crippen molar-refractivity contribution >= 4 is 15.7 Å². The van der Waals surface area contributed by atoms with Crippen LogP contribution in [0.1, 0.15) is 31.2 Å². The van der Waals surface area contributed by atoms with Gasteiger partial charge in [-0.05, 0) is 55.2 Å². The lowest BCUT2D eigenvalue weighted by atomic mass is 9.97. The number of nitrogens with zero attached hydrogens (tertiary/aromatic N) is 4. The van der Waals surface area contributed by atoms with E-state index in [-0.39, 0.29) is 17.5 Å². The molecule has 8 heteroatoms. The van der Waals surface area contributed by atoms with Crippen LogP contribution in [0.2, 0.25) is 0 Å². The second kappa shape index (κ2) is 7.87. The quantitative estimate of drug-likeness (QED) is 0.621. The fourth-order valence-corrected chi connectivity index (χ4v) is 5.48. The largest absolute Gasteiger partial charge is 0.486 e. The molecule has 0 N–H and O–H groups in total. The number of anilines is 1. The Balaban J connectivity index is 1.59. The summed E-state index contributed by atoms with van der Waals surface area (Å²) < 4.78 is 35.9. The zero-order valence-electron chi connectivity index (χ0n) is 16.5. The Hall–Kier alpha value is -2.87. The van der Waals surface area contributed by atoms with Gasteiger partial charge in [0.2, 0.25) is 0 Å². The average molecular weight is 413 g/mol. The third kappa shape index (κ3) is 3.72. The summed E-state index contributed by atoms with van der Waals surface area (Å²) in [6, 6.07) is 14.3. The van der Waals surface area contributed by atoms with Crippen molar-refractivity contribution in [2.24, 2.45) is 7.05 Å². The fourth-order valence-electron chi connectivity index (χ4n) is 3.69.